The van der Waals surface area contributed by atoms with Gasteiger partial charge in [0.1, 0.15) is 17.1 Å². The van der Waals surface area contributed by atoms with E-state index >= 15 is 0 Å². The summed E-state index contributed by atoms with van der Waals surface area (Å²) in [6.07, 6.45) is 7.52. The molecule has 4 N–H and O–H groups in total. The summed E-state index contributed by atoms with van der Waals surface area (Å²) in [4.78, 5) is 37.6. The Bertz CT molecular complexity index is 1960. The molecule has 15 nitrogen and oxygen atoms in total. The Morgan fingerprint density at radius 2 is 1.85 bits per heavy atom. The van der Waals surface area contributed by atoms with Gasteiger partial charge < -0.3 is 25.3 Å². The molecule has 5 aromatic heterocycles. The van der Waals surface area contributed by atoms with Crippen molar-refractivity contribution in [1.29, 1.82) is 0 Å². The second-order valence-electron chi connectivity index (χ2n) is 11.0. The zero-order valence-corrected chi connectivity index (χ0v) is 26.7. The van der Waals surface area contributed by atoms with Crippen LogP contribution in [0.1, 0.15) is 28.5 Å². The fraction of sp³-hybridized carbons (Fsp3) is 0.273. The lowest BCUT2D eigenvalue weighted by atomic mass is 10.1. The van der Waals surface area contributed by atoms with Crippen LogP contribution in [0, 0.1) is 0 Å². The number of rotatable bonds is 11. The fourth-order valence-corrected chi connectivity index (χ4v) is 5.40. The molecule has 6 heterocycles. The van der Waals surface area contributed by atoms with Crippen LogP contribution in [0.4, 0.5) is 5.95 Å². The molecule has 0 spiro atoms. The molecule has 1 fully saturated rings. The van der Waals surface area contributed by atoms with Crippen molar-refractivity contribution in [1.82, 2.24) is 56.0 Å². The number of carbonyl (C=O) groups is 2. The van der Waals surface area contributed by atoms with Gasteiger partial charge in [-0.3, -0.25) is 19.7 Å². The summed E-state index contributed by atoms with van der Waals surface area (Å²) in [6.45, 7) is 6.51. The molecule has 15 heteroatoms. The number of fused-ring (bicyclic) bond motifs is 1. The SMILES string of the molecule is COc1cnc(-c2cc(CNCCc3ccncc3)[nH]n2)c2[nH]cc(C(=O)C(C)=O)c12.c1ccc(-n2nnnc2N2CCNCC2)cc1. The largest absolute Gasteiger partial charge is 0.494 e. The molecule has 0 unspecified atom stereocenters. The van der Waals surface area contributed by atoms with Crippen LogP contribution in [0.25, 0.3) is 28.0 Å². The number of para-hydroxylation sites is 1. The first kappa shape index (κ1) is 32.2. The van der Waals surface area contributed by atoms with Crippen molar-refractivity contribution in [2.45, 2.75) is 19.9 Å². The molecule has 1 saturated heterocycles. The molecule has 48 heavy (non-hydrogen) atoms. The first-order valence-corrected chi connectivity index (χ1v) is 15.6. The van der Waals surface area contributed by atoms with Crippen molar-refractivity contribution < 1.29 is 14.3 Å². The number of ketones is 2. The summed E-state index contributed by atoms with van der Waals surface area (Å²) in [6, 6.07) is 15.9. The van der Waals surface area contributed by atoms with Gasteiger partial charge in [0.05, 0.1) is 35.5 Å². The summed E-state index contributed by atoms with van der Waals surface area (Å²) in [7, 11) is 1.50. The van der Waals surface area contributed by atoms with Crippen molar-refractivity contribution in [3.63, 3.8) is 0 Å². The van der Waals surface area contributed by atoms with Gasteiger partial charge in [-0.15, -0.1) is 0 Å². The molecular weight excluding hydrogens is 612 g/mol. The molecule has 1 aliphatic rings. The number of carbonyl (C=O) groups excluding carboxylic acids is 2. The highest BCUT2D eigenvalue weighted by Crippen LogP contribution is 2.34. The molecule has 1 aliphatic heterocycles. The number of aromatic nitrogens is 9. The second-order valence-corrected chi connectivity index (χ2v) is 11.0. The van der Waals surface area contributed by atoms with E-state index in [1.165, 1.54) is 32.0 Å². The van der Waals surface area contributed by atoms with Crippen molar-refractivity contribution >= 4 is 28.4 Å². The fourth-order valence-electron chi connectivity index (χ4n) is 5.40. The summed E-state index contributed by atoms with van der Waals surface area (Å²) in [5, 5.41) is 26.5. The molecule has 0 bridgehead atoms. The van der Waals surface area contributed by atoms with Gasteiger partial charge in [-0.1, -0.05) is 23.3 Å². The number of Topliss-reactive ketones (excluding diaryl/α,β-unsaturated/α-hetero) is 2. The molecule has 1 aromatic carbocycles. The lowest BCUT2D eigenvalue weighted by Gasteiger charge is -2.27. The van der Waals surface area contributed by atoms with E-state index in [9.17, 15) is 9.59 Å². The van der Waals surface area contributed by atoms with Crippen LogP contribution in [0.5, 0.6) is 5.75 Å². The minimum Gasteiger partial charge on any atom is -0.494 e. The van der Waals surface area contributed by atoms with Crippen molar-refractivity contribution in [2.75, 3.05) is 44.7 Å². The van der Waals surface area contributed by atoms with Crippen LogP contribution >= 0.6 is 0 Å². The number of pyridine rings is 2. The monoisotopic (exact) mass is 648 g/mol. The lowest BCUT2D eigenvalue weighted by molar-refractivity contribution is -0.113. The number of piperazine rings is 1. The number of hydrogen-bond acceptors (Lipinski definition) is 12. The van der Waals surface area contributed by atoms with E-state index in [0.717, 1.165) is 56.5 Å². The Balaban J connectivity index is 0.000000198. The van der Waals surface area contributed by atoms with Gasteiger partial charge in [-0.25, -0.2) is 4.98 Å². The van der Waals surface area contributed by atoms with E-state index in [1.54, 1.807) is 17.1 Å². The van der Waals surface area contributed by atoms with Crippen LogP contribution in [0.2, 0.25) is 0 Å². The Morgan fingerprint density at radius 3 is 2.60 bits per heavy atom. The van der Waals surface area contributed by atoms with Crippen LogP contribution in [0.3, 0.4) is 0 Å². The number of nitrogens with zero attached hydrogens (tertiary/aromatic N) is 8. The number of H-pyrrole nitrogens is 2. The average Bonchev–Trinajstić information content (AvgIpc) is 3.92. The van der Waals surface area contributed by atoms with Gasteiger partial charge in [-0.2, -0.15) is 9.78 Å². The Labute approximate surface area is 276 Å². The van der Waals surface area contributed by atoms with E-state index in [2.05, 4.69) is 56.2 Å². The first-order valence-electron chi connectivity index (χ1n) is 15.6. The topological polar surface area (TPSA) is 185 Å². The minimum absolute atomic E-state index is 0.261. The summed E-state index contributed by atoms with van der Waals surface area (Å²) >= 11 is 0. The second kappa shape index (κ2) is 15.2. The maximum Gasteiger partial charge on any atom is 0.250 e. The van der Waals surface area contributed by atoms with Crippen LogP contribution in [-0.2, 0) is 17.8 Å². The molecule has 7 rings (SSSR count). The minimum atomic E-state index is -0.581. The van der Waals surface area contributed by atoms with E-state index in [4.69, 9.17) is 4.74 Å². The molecule has 0 atom stereocenters. The van der Waals surface area contributed by atoms with Crippen molar-refractivity contribution in [3.05, 3.63) is 90.1 Å². The summed E-state index contributed by atoms with van der Waals surface area (Å²) in [5.74, 6) is 0.111. The number of benzene rings is 1. The molecule has 6 aromatic rings. The van der Waals surface area contributed by atoms with E-state index in [0.29, 0.717) is 34.6 Å². The van der Waals surface area contributed by atoms with Gasteiger partial charge >= 0.3 is 0 Å². The molecule has 0 saturated carbocycles. The number of ether oxygens (including phenoxy) is 1. The van der Waals surface area contributed by atoms with Crippen LogP contribution < -0.4 is 20.3 Å². The van der Waals surface area contributed by atoms with Gasteiger partial charge in [0.15, 0.2) is 5.78 Å². The van der Waals surface area contributed by atoms with E-state index < -0.39 is 11.6 Å². The maximum absolute atomic E-state index is 12.3. The molecule has 0 amide bonds. The Hall–Kier alpha value is -5.80. The van der Waals surface area contributed by atoms with Crippen molar-refractivity contribution in [3.8, 4) is 22.8 Å². The van der Waals surface area contributed by atoms with E-state index in [-0.39, 0.29) is 5.56 Å². The van der Waals surface area contributed by atoms with Gasteiger partial charge in [0.25, 0.3) is 0 Å². The third-order valence-corrected chi connectivity index (χ3v) is 7.84. The third kappa shape index (κ3) is 7.27. The highest BCUT2D eigenvalue weighted by atomic mass is 16.5. The van der Waals surface area contributed by atoms with Crippen LogP contribution in [-0.4, -0.2) is 96.8 Å². The molecular formula is C33H36N12O3. The molecule has 0 radical (unpaired) electrons. The predicted octanol–water partition coefficient (Wildman–Crippen LogP) is 2.53. The van der Waals surface area contributed by atoms with Crippen LogP contribution in [0.15, 0.2) is 73.3 Å². The Kier molecular flexibility index (Phi) is 10.2. The smallest absolute Gasteiger partial charge is 0.250 e. The summed E-state index contributed by atoms with van der Waals surface area (Å²) in [5.41, 5.74) is 5.16. The highest BCUT2D eigenvalue weighted by Gasteiger charge is 2.23. The van der Waals surface area contributed by atoms with Gasteiger partial charge in [0, 0.05) is 63.9 Å². The summed E-state index contributed by atoms with van der Waals surface area (Å²) < 4.78 is 7.15. The number of nitrogens with one attached hydrogen (secondary N) is 4. The molecule has 0 aliphatic carbocycles. The lowest BCUT2D eigenvalue weighted by Crippen LogP contribution is -2.44. The van der Waals surface area contributed by atoms with Gasteiger partial charge in [-0.05, 0) is 59.3 Å². The standard InChI is InChI=1S/C22H22N6O3.C11H14N6/c1-13(29)22(30)16-11-25-21-19(16)18(31-2)12-26-20(21)17-9-15(27-28-17)10-24-8-5-14-3-6-23-7-4-14;1-2-4-10(5-3-1)17-11(13-14-15-17)16-8-6-12-7-9-16/h3-4,6-7,9,11-12,24-25H,5,8,10H2,1-2H3,(H,27,28);1-5,12H,6-9H2. The number of aromatic amines is 2. The highest BCUT2D eigenvalue weighted by molar-refractivity contribution is 6.45. The molecule has 246 valence electrons. The number of tetrazole rings is 1. The quantitative estimate of drug-likeness (QED) is 0.0916. The van der Waals surface area contributed by atoms with Gasteiger partial charge in [0.2, 0.25) is 11.7 Å². The normalized spacial score (nSPS) is 12.8. The predicted molar refractivity (Wildman–Crippen MR) is 179 cm³/mol. The average molecular weight is 649 g/mol. The zero-order chi connectivity index (χ0) is 33.3. The van der Waals surface area contributed by atoms with E-state index in [1.807, 2.05) is 48.5 Å². The third-order valence-electron chi connectivity index (χ3n) is 7.84. The maximum atomic E-state index is 12.3. The number of anilines is 1. The van der Waals surface area contributed by atoms with Crippen molar-refractivity contribution in [2.24, 2.45) is 0 Å². The zero-order valence-electron chi connectivity index (χ0n) is 26.7. The number of methoxy groups -OCH3 is 1. The number of hydrogen-bond donors (Lipinski definition) is 4. The first-order chi connectivity index (χ1) is 23.5. The Morgan fingerprint density at radius 1 is 1.06 bits per heavy atom.